The maximum atomic E-state index is 11.7. The first kappa shape index (κ1) is 15.0. The fraction of sp³-hybridized carbons (Fsp3) is 0.857. The summed E-state index contributed by atoms with van der Waals surface area (Å²) in [7, 11) is 0. The van der Waals surface area contributed by atoms with Gasteiger partial charge in [0.25, 0.3) is 0 Å². The summed E-state index contributed by atoms with van der Waals surface area (Å²) in [5.74, 6) is 0.0452. The van der Waals surface area contributed by atoms with Crippen LogP contribution in [0.3, 0.4) is 0 Å². The smallest absolute Gasteiger partial charge is 0.309 e. The Morgan fingerprint density at radius 2 is 1.83 bits per heavy atom. The molecule has 4 nitrogen and oxygen atoms in total. The highest BCUT2D eigenvalue weighted by Gasteiger charge is 2.25. The number of carbonyl (C=O) groups excluding carboxylic acids is 2. The van der Waals surface area contributed by atoms with Gasteiger partial charge in [-0.15, -0.1) is 0 Å². The van der Waals surface area contributed by atoms with Gasteiger partial charge in [-0.1, -0.05) is 33.6 Å². The van der Waals surface area contributed by atoms with E-state index in [-0.39, 0.29) is 6.04 Å². The summed E-state index contributed by atoms with van der Waals surface area (Å²) >= 11 is 0. The molecule has 2 amide bonds. The van der Waals surface area contributed by atoms with Crippen LogP contribution in [-0.2, 0) is 9.59 Å². The molecule has 0 radical (unpaired) electrons. The van der Waals surface area contributed by atoms with Gasteiger partial charge in [0.15, 0.2) is 0 Å². The van der Waals surface area contributed by atoms with Gasteiger partial charge in [-0.05, 0) is 31.1 Å². The molecule has 1 aliphatic rings. The van der Waals surface area contributed by atoms with Crippen LogP contribution in [0.4, 0.5) is 0 Å². The third-order valence-corrected chi connectivity index (χ3v) is 3.64. The first-order chi connectivity index (χ1) is 8.50. The molecule has 2 N–H and O–H groups in total. The fourth-order valence-corrected chi connectivity index (χ4v) is 2.32. The van der Waals surface area contributed by atoms with Gasteiger partial charge in [0.2, 0.25) is 0 Å². The number of nitrogens with one attached hydrogen (secondary N) is 2. The second-order valence-electron chi connectivity index (χ2n) is 5.78. The molecule has 0 aliphatic heterocycles. The van der Waals surface area contributed by atoms with Gasteiger partial charge in [0, 0.05) is 12.6 Å². The Labute approximate surface area is 110 Å². The SMILES string of the molecule is CC(C)CCNC(=O)C(=O)N[C@H]1CCCC[C@@H]1C. The summed E-state index contributed by atoms with van der Waals surface area (Å²) in [4.78, 5) is 23.3. The largest absolute Gasteiger partial charge is 0.348 e. The fourth-order valence-electron chi connectivity index (χ4n) is 2.32. The Hall–Kier alpha value is -1.06. The van der Waals surface area contributed by atoms with E-state index in [0.29, 0.717) is 18.4 Å². The molecule has 0 spiro atoms. The maximum Gasteiger partial charge on any atom is 0.309 e. The van der Waals surface area contributed by atoms with Crippen molar-refractivity contribution in [1.29, 1.82) is 0 Å². The van der Waals surface area contributed by atoms with Gasteiger partial charge in [-0.2, -0.15) is 0 Å². The molecule has 1 rings (SSSR count). The number of hydrogen-bond donors (Lipinski definition) is 2. The molecule has 0 aromatic carbocycles. The average molecular weight is 254 g/mol. The van der Waals surface area contributed by atoms with E-state index in [9.17, 15) is 9.59 Å². The van der Waals surface area contributed by atoms with E-state index < -0.39 is 11.8 Å². The van der Waals surface area contributed by atoms with Crippen LogP contribution in [0.2, 0.25) is 0 Å². The normalized spacial score (nSPS) is 23.8. The Balaban J connectivity index is 2.28. The lowest BCUT2D eigenvalue weighted by molar-refractivity contribution is -0.140. The van der Waals surface area contributed by atoms with Crippen molar-refractivity contribution in [2.75, 3.05) is 6.54 Å². The Bertz CT molecular complexity index is 290. The predicted octanol–water partition coefficient (Wildman–Crippen LogP) is 1.84. The van der Waals surface area contributed by atoms with E-state index in [0.717, 1.165) is 25.7 Å². The van der Waals surface area contributed by atoms with Crippen molar-refractivity contribution in [1.82, 2.24) is 10.6 Å². The van der Waals surface area contributed by atoms with Crippen LogP contribution in [0.5, 0.6) is 0 Å². The minimum absolute atomic E-state index is 0.169. The van der Waals surface area contributed by atoms with Gasteiger partial charge >= 0.3 is 11.8 Å². The molecule has 4 heteroatoms. The van der Waals surface area contributed by atoms with Crippen LogP contribution >= 0.6 is 0 Å². The monoisotopic (exact) mass is 254 g/mol. The maximum absolute atomic E-state index is 11.7. The highest BCUT2D eigenvalue weighted by molar-refractivity contribution is 6.35. The van der Waals surface area contributed by atoms with Crippen molar-refractivity contribution in [2.24, 2.45) is 11.8 Å². The zero-order valence-corrected chi connectivity index (χ0v) is 11.8. The summed E-state index contributed by atoms with van der Waals surface area (Å²) in [5.41, 5.74) is 0. The van der Waals surface area contributed by atoms with Gasteiger partial charge in [-0.25, -0.2) is 0 Å². The lowest BCUT2D eigenvalue weighted by atomic mass is 9.86. The van der Waals surface area contributed by atoms with Crippen molar-refractivity contribution < 1.29 is 9.59 Å². The molecule has 1 fully saturated rings. The van der Waals surface area contributed by atoms with Crippen LogP contribution in [0.1, 0.15) is 52.9 Å². The average Bonchev–Trinajstić information content (AvgIpc) is 2.31. The Morgan fingerprint density at radius 3 is 2.44 bits per heavy atom. The molecular formula is C14H26N2O2. The Morgan fingerprint density at radius 1 is 1.17 bits per heavy atom. The van der Waals surface area contributed by atoms with Crippen LogP contribution in [0, 0.1) is 11.8 Å². The molecule has 0 bridgehead atoms. The van der Waals surface area contributed by atoms with E-state index in [2.05, 4.69) is 31.4 Å². The minimum Gasteiger partial charge on any atom is -0.348 e. The molecule has 1 saturated carbocycles. The lowest BCUT2D eigenvalue weighted by Crippen LogP contribution is -2.47. The van der Waals surface area contributed by atoms with Crippen LogP contribution in [-0.4, -0.2) is 24.4 Å². The molecule has 0 aromatic rings. The minimum atomic E-state index is -0.492. The highest BCUT2D eigenvalue weighted by Crippen LogP contribution is 2.23. The lowest BCUT2D eigenvalue weighted by Gasteiger charge is -2.29. The quantitative estimate of drug-likeness (QED) is 0.752. The van der Waals surface area contributed by atoms with Gasteiger partial charge < -0.3 is 10.6 Å². The summed E-state index contributed by atoms with van der Waals surface area (Å²) < 4.78 is 0. The van der Waals surface area contributed by atoms with E-state index in [1.807, 2.05) is 0 Å². The van der Waals surface area contributed by atoms with Crippen LogP contribution in [0.25, 0.3) is 0 Å². The predicted molar refractivity (Wildman–Crippen MR) is 72.0 cm³/mol. The van der Waals surface area contributed by atoms with Gasteiger partial charge in [-0.3, -0.25) is 9.59 Å². The topological polar surface area (TPSA) is 58.2 Å². The summed E-state index contributed by atoms with van der Waals surface area (Å²) in [6.07, 6.45) is 5.41. The van der Waals surface area contributed by atoms with Crippen molar-refractivity contribution in [2.45, 2.75) is 58.9 Å². The molecule has 104 valence electrons. The van der Waals surface area contributed by atoms with Crippen molar-refractivity contribution in [3.8, 4) is 0 Å². The molecule has 0 saturated heterocycles. The molecule has 0 heterocycles. The standard InChI is InChI=1S/C14H26N2O2/c1-10(2)8-9-15-13(17)14(18)16-12-7-5-4-6-11(12)3/h10-12H,4-9H2,1-3H3,(H,15,17)(H,16,18)/t11-,12-/m0/s1. The van der Waals surface area contributed by atoms with Crippen molar-refractivity contribution in [3.05, 3.63) is 0 Å². The van der Waals surface area contributed by atoms with E-state index in [1.54, 1.807) is 0 Å². The first-order valence-electron chi connectivity index (χ1n) is 7.09. The number of carbonyl (C=O) groups is 2. The molecule has 0 aromatic heterocycles. The highest BCUT2D eigenvalue weighted by atomic mass is 16.2. The van der Waals surface area contributed by atoms with E-state index in [1.165, 1.54) is 6.42 Å². The zero-order valence-electron chi connectivity index (χ0n) is 11.8. The van der Waals surface area contributed by atoms with Crippen molar-refractivity contribution in [3.63, 3.8) is 0 Å². The third kappa shape index (κ3) is 5.07. The zero-order chi connectivity index (χ0) is 13.5. The molecular weight excluding hydrogens is 228 g/mol. The van der Waals surface area contributed by atoms with Gasteiger partial charge in [0.05, 0.1) is 0 Å². The van der Waals surface area contributed by atoms with Gasteiger partial charge in [0.1, 0.15) is 0 Å². The molecule has 2 atom stereocenters. The number of amides is 2. The van der Waals surface area contributed by atoms with E-state index >= 15 is 0 Å². The van der Waals surface area contributed by atoms with Crippen LogP contribution in [0.15, 0.2) is 0 Å². The van der Waals surface area contributed by atoms with E-state index in [4.69, 9.17) is 0 Å². The summed E-state index contributed by atoms with van der Waals surface area (Å²) in [5, 5.41) is 5.52. The first-order valence-corrected chi connectivity index (χ1v) is 7.09. The molecule has 0 unspecified atom stereocenters. The second kappa shape index (κ2) is 7.39. The summed E-state index contributed by atoms with van der Waals surface area (Å²) in [6, 6.07) is 0.169. The number of hydrogen-bond acceptors (Lipinski definition) is 2. The molecule has 18 heavy (non-hydrogen) atoms. The Kier molecular flexibility index (Phi) is 6.16. The summed E-state index contributed by atoms with van der Waals surface area (Å²) in [6.45, 7) is 6.90. The van der Waals surface area contributed by atoms with Crippen molar-refractivity contribution >= 4 is 11.8 Å². The second-order valence-corrected chi connectivity index (χ2v) is 5.78. The number of rotatable bonds is 4. The third-order valence-electron chi connectivity index (χ3n) is 3.64. The molecule has 1 aliphatic carbocycles. The van der Waals surface area contributed by atoms with Crippen LogP contribution < -0.4 is 10.6 Å².